The zero-order valence-electron chi connectivity index (χ0n) is 19.6. The molecule has 2 fully saturated rings. The van der Waals surface area contributed by atoms with E-state index in [1.54, 1.807) is 0 Å². The molecule has 1 aliphatic carbocycles. The van der Waals surface area contributed by atoms with E-state index >= 15 is 0 Å². The van der Waals surface area contributed by atoms with Gasteiger partial charge in [0, 0.05) is 37.2 Å². The zero-order chi connectivity index (χ0) is 24.1. The van der Waals surface area contributed by atoms with Gasteiger partial charge in [-0.3, -0.25) is 0 Å². The van der Waals surface area contributed by atoms with Gasteiger partial charge in [0.25, 0.3) is 0 Å². The third-order valence-electron chi connectivity index (χ3n) is 7.82. The molecule has 1 saturated carbocycles. The highest BCUT2D eigenvalue weighted by atomic mass is 19.2. The summed E-state index contributed by atoms with van der Waals surface area (Å²) in [5, 5.41) is 16.5. The van der Waals surface area contributed by atoms with Crippen molar-refractivity contribution in [2.24, 2.45) is 11.8 Å². The molecule has 10 heteroatoms. The highest BCUT2D eigenvalue weighted by Gasteiger charge is 2.43. The molecule has 1 N–H and O–H groups in total. The topological polar surface area (TPSA) is 71.8 Å². The molecule has 4 atom stereocenters. The van der Waals surface area contributed by atoms with Crippen LogP contribution in [0.3, 0.4) is 0 Å². The molecule has 2 aliphatic heterocycles. The highest BCUT2D eigenvalue weighted by molar-refractivity contribution is 5.46. The van der Waals surface area contributed by atoms with Crippen molar-refractivity contribution in [1.29, 1.82) is 0 Å². The van der Waals surface area contributed by atoms with Crippen molar-refractivity contribution in [3.63, 3.8) is 0 Å². The van der Waals surface area contributed by atoms with Gasteiger partial charge in [0.2, 0.25) is 5.95 Å². The van der Waals surface area contributed by atoms with Gasteiger partial charge in [0.15, 0.2) is 17.5 Å². The number of aryl methyl sites for hydroxylation is 2. The van der Waals surface area contributed by atoms with Crippen LogP contribution >= 0.6 is 0 Å². The number of fused-ring (bicyclic) bond motifs is 3. The first-order valence-electron chi connectivity index (χ1n) is 12.4. The maximum atomic E-state index is 14.7. The third-order valence-corrected chi connectivity index (χ3v) is 7.82. The van der Waals surface area contributed by atoms with Crippen LogP contribution in [0.1, 0.15) is 55.1 Å². The van der Waals surface area contributed by atoms with Crippen LogP contribution in [0.2, 0.25) is 0 Å². The maximum Gasteiger partial charge on any atom is 0.242 e. The van der Waals surface area contributed by atoms with Crippen LogP contribution in [0.4, 0.5) is 24.8 Å². The van der Waals surface area contributed by atoms with Gasteiger partial charge in [-0.15, -0.1) is 5.10 Å². The van der Waals surface area contributed by atoms with Crippen molar-refractivity contribution in [3.05, 3.63) is 58.9 Å². The van der Waals surface area contributed by atoms with Crippen LogP contribution in [0, 0.1) is 36.2 Å². The smallest absolute Gasteiger partial charge is 0.242 e. The normalized spacial score (nSPS) is 25.9. The number of nitrogens with one attached hydrogen (secondary N) is 1. The Morgan fingerprint density at radius 3 is 2.57 bits per heavy atom. The molecule has 0 radical (unpaired) electrons. The lowest BCUT2D eigenvalue weighted by Crippen LogP contribution is -2.48. The minimum absolute atomic E-state index is 0.139. The number of benzene rings is 1. The number of halogens is 3. The zero-order valence-corrected chi connectivity index (χ0v) is 19.6. The van der Waals surface area contributed by atoms with E-state index in [4.69, 9.17) is 10.1 Å². The van der Waals surface area contributed by atoms with Crippen LogP contribution in [0.15, 0.2) is 24.4 Å². The Kier molecular flexibility index (Phi) is 5.61. The Bertz CT molecular complexity index is 1230. The van der Waals surface area contributed by atoms with Crippen molar-refractivity contribution in [2.75, 3.05) is 23.3 Å². The highest BCUT2D eigenvalue weighted by Crippen LogP contribution is 2.40. The van der Waals surface area contributed by atoms with Crippen molar-refractivity contribution >= 4 is 11.6 Å². The average molecular weight is 484 g/mol. The molecule has 4 heterocycles. The second-order valence-electron chi connectivity index (χ2n) is 10.1. The van der Waals surface area contributed by atoms with Gasteiger partial charge in [-0.2, -0.15) is 15.2 Å². The Morgan fingerprint density at radius 1 is 1.00 bits per heavy atom. The average Bonchev–Trinajstić information content (AvgIpc) is 3.25. The molecule has 2 bridgehead atoms. The molecule has 2 aromatic heterocycles. The molecule has 1 saturated heterocycles. The molecule has 1 aromatic carbocycles. The van der Waals surface area contributed by atoms with Crippen molar-refractivity contribution < 1.29 is 13.2 Å². The molecule has 3 aromatic rings. The fourth-order valence-corrected chi connectivity index (χ4v) is 6.13. The molecule has 35 heavy (non-hydrogen) atoms. The van der Waals surface area contributed by atoms with Crippen LogP contribution < -0.4 is 10.2 Å². The van der Waals surface area contributed by atoms with E-state index < -0.39 is 23.4 Å². The number of hydrogen-bond donors (Lipinski definition) is 1. The van der Waals surface area contributed by atoms with Gasteiger partial charge in [-0.05, 0) is 56.6 Å². The van der Waals surface area contributed by atoms with E-state index in [9.17, 15) is 13.2 Å². The van der Waals surface area contributed by atoms with Gasteiger partial charge >= 0.3 is 0 Å². The quantitative estimate of drug-likeness (QED) is 0.554. The Hall–Kier alpha value is -3.17. The van der Waals surface area contributed by atoms with Gasteiger partial charge in [-0.25, -0.2) is 17.9 Å². The second-order valence-corrected chi connectivity index (χ2v) is 10.1. The number of anilines is 2. The number of rotatable bonds is 4. The van der Waals surface area contributed by atoms with Crippen molar-refractivity contribution in [1.82, 2.24) is 25.0 Å². The van der Waals surface area contributed by atoms with E-state index in [0.29, 0.717) is 36.6 Å². The Balaban J connectivity index is 1.24. The maximum absolute atomic E-state index is 14.7. The predicted octanol–water partition coefficient (Wildman–Crippen LogP) is 4.44. The SMILES string of the molecule is Cc1cc(N2C[C@H]3CC[C@@H](C2)[C@H]3Nc2nc3n(n2)CCCC[C@H]3c2ccc(F)c(F)c2F)cnn1. The van der Waals surface area contributed by atoms with Crippen LogP contribution in [0.5, 0.6) is 0 Å². The van der Waals surface area contributed by atoms with Gasteiger partial charge in [-0.1, -0.05) is 12.5 Å². The monoisotopic (exact) mass is 483 g/mol. The third kappa shape index (κ3) is 4.02. The van der Waals surface area contributed by atoms with Crippen molar-refractivity contribution in [3.8, 4) is 0 Å². The Morgan fingerprint density at radius 2 is 1.80 bits per heavy atom. The number of nitrogens with zero attached hydrogens (tertiary/aromatic N) is 6. The number of piperidine rings is 1. The summed E-state index contributed by atoms with van der Waals surface area (Å²) in [7, 11) is 0. The summed E-state index contributed by atoms with van der Waals surface area (Å²) >= 11 is 0. The molecule has 3 aliphatic rings. The molecule has 0 spiro atoms. The summed E-state index contributed by atoms with van der Waals surface area (Å²) < 4.78 is 44.0. The van der Waals surface area contributed by atoms with E-state index in [1.165, 1.54) is 6.07 Å². The van der Waals surface area contributed by atoms with Crippen molar-refractivity contribution in [2.45, 2.75) is 57.5 Å². The first-order chi connectivity index (χ1) is 17.0. The standard InChI is InChI=1S/C25H28F3N7/c1-14-10-17(11-29-32-14)34-12-15-5-6-16(13-34)23(15)30-25-31-24-19(4-2-3-9-35(24)33-25)18-7-8-20(26)22(28)21(18)27/h7-8,10-11,15-16,19,23H,2-6,9,12-13H2,1H3,(H,30,33)/t15-,16+,19-,23+/m0/s1. The minimum atomic E-state index is -1.43. The van der Waals surface area contributed by atoms with E-state index in [2.05, 4.69) is 26.5 Å². The number of aromatic nitrogens is 5. The summed E-state index contributed by atoms with van der Waals surface area (Å²) in [6.45, 7) is 4.48. The van der Waals surface area contributed by atoms with E-state index in [1.807, 2.05) is 17.8 Å². The summed E-state index contributed by atoms with van der Waals surface area (Å²) in [4.78, 5) is 7.16. The van der Waals surface area contributed by atoms with Crippen LogP contribution in [-0.2, 0) is 6.54 Å². The lowest BCUT2D eigenvalue weighted by atomic mass is 9.92. The van der Waals surface area contributed by atoms with Crippen LogP contribution in [-0.4, -0.2) is 44.1 Å². The molecule has 6 rings (SSSR count). The van der Waals surface area contributed by atoms with Crippen LogP contribution in [0.25, 0.3) is 0 Å². The Labute approximate surface area is 201 Å². The first-order valence-corrected chi connectivity index (χ1v) is 12.4. The first kappa shape index (κ1) is 22.3. The molecule has 7 nitrogen and oxygen atoms in total. The fourth-order valence-electron chi connectivity index (χ4n) is 6.13. The lowest BCUT2D eigenvalue weighted by Gasteiger charge is -2.39. The minimum Gasteiger partial charge on any atom is -0.369 e. The lowest BCUT2D eigenvalue weighted by molar-refractivity contribution is 0.376. The van der Waals surface area contributed by atoms with E-state index in [0.717, 1.165) is 56.2 Å². The fraction of sp³-hybridized carbons (Fsp3) is 0.520. The second kappa shape index (κ2) is 8.80. The molecule has 0 unspecified atom stereocenters. The van der Waals surface area contributed by atoms with Gasteiger partial charge in [0.05, 0.1) is 17.6 Å². The summed E-state index contributed by atoms with van der Waals surface area (Å²) in [6.07, 6.45) is 6.41. The summed E-state index contributed by atoms with van der Waals surface area (Å²) in [6, 6.07) is 4.66. The molecular formula is C25H28F3N7. The van der Waals surface area contributed by atoms with E-state index in [-0.39, 0.29) is 11.6 Å². The summed E-state index contributed by atoms with van der Waals surface area (Å²) in [5.74, 6) is -2.16. The van der Waals surface area contributed by atoms with Gasteiger partial charge < -0.3 is 10.2 Å². The largest absolute Gasteiger partial charge is 0.369 e. The molecule has 0 amide bonds. The predicted molar refractivity (Wildman–Crippen MR) is 125 cm³/mol. The molecule has 184 valence electrons. The molecular weight excluding hydrogens is 455 g/mol. The number of hydrogen-bond acceptors (Lipinski definition) is 6. The summed E-state index contributed by atoms with van der Waals surface area (Å²) in [5.41, 5.74) is 2.16. The van der Waals surface area contributed by atoms with Gasteiger partial charge in [0.1, 0.15) is 5.82 Å².